The van der Waals surface area contributed by atoms with Crippen molar-refractivity contribution in [1.29, 1.82) is 0 Å². The molecule has 4 heteroatoms. The quantitative estimate of drug-likeness (QED) is 0.359. The van der Waals surface area contributed by atoms with E-state index in [4.69, 9.17) is 0 Å². The Kier molecular flexibility index (Phi) is 9.17. The maximum atomic E-state index is 9.97. The molecule has 1 rings (SSSR count). The number of rotatable bonds is 2. The van der Waals surface area contributed by atoms with Gasteiger partial charge in [0.05, 0.1) is 5.97 Å². The van der Waals surface area contributed by atoms with Crippen molar-refractivity contribution in [3.8, 4) is 0 Å². The maximum absolute atomic E-state index is 9.97. The van der Waals surface area contributed by atoms with Crippen LogP contribution in [0, 0.1) is 0 Å². The first-order valence-corrected chi connectivity index (χ1v) is 3.23. The molecule has 1 aromatic carbocycles. The molecule has 0 amide bonds. The first-order chi connectivity index (χ1) is 5.29. The number of carbonyl (C=O) groups excluding carboxylic acids is 1. The molecule has 0 aliphatic rings. The molecule has 13 heavy (non-hydrogen) atoms. The normalized spacial score (nSPS) is 8.62. The minimum atomic E-state index is -1.17. The van der Waals surface area contributed by atoms with Gasteiger partial charge >= 0.3 is 29.6 Å². The van der Waals surface area contributed by atoms with Crippen LogP contribution in [-0.2, 0) is 4.79 Å². The Morgan fingerprint density at radius 1 is 1.23 bits per heavy atom. The van der Waals surface area contributed by atoms with E-state index in [9.17, 15) is 9.90 Å². The third-order valence-electron chi connectivity index (χ3n) is 1.21. The van der Waals surface area contributed by atoms with E-state index in [2.05, 4.69) is 0 Å². The van der Waals surface area contributed by atoms with Gasteiger partial charge in [-0.05, 0) is 11.6 Å². The Morgan fingerprint density at radius 2 is 1.77 bits per heavy atom. The van der Waals surface area contributed by atoms with E-state index in [0.29, 0.717) is 0 Å². The summed E-state index contributed by atoms with van der Waals surface area (Å²) in [5, 5.41) is 9.97. The maximum Gasteiger partial charge on any atom is 1.00 e. The van der Waals surface area contributed by atoms with E-state index in [-0.39, 0.29) is 35.0 Å². The van der Waals surface area contributed by atoms with Crippen molar-refractivity contribution < 1.29 is 44.9 Å². The number of hydrogen-bond donors (Lipinski definition) is 0. The fraction of sp³-hybridized carbons (Fsp3) is 0. The van der Waals surface area contributed by atoms with Gasteiger partial charge in [0.25, 0.3) is 0 Å². The molecule has 1 aromatic rings. The standard InChI is InChI=1S/C9H8O2.Na.H2O/c10-9(11)7-6-8-4-2-1-3-5-8;;/h1-7H,(H,10,11);;1H2/q;+1;/p-1. The van der Waals surface area contributed by atoms with Crippen LogP contribution in [0.2, 0.25) is 0 Å². The second-order valence-corrected chi connectivity index (χ2v) is 2.06. The molecule has 0 saturated heterocycles. The summed E-state index contributed by atoms with van der Waals surface area (Å²) in [6.07, 6.45) is 2.50. The molecule has 0 heterocycles. The summed E-state index contributed by atoms with van der Waals surface area (Å²) in [6, 6.07) is 9.19. The summed E-state index contributed by atoms with van der Waals surface area (Å²) in [5.74, 6) is -1.17. The van der Waals surface area contributed by atoms with E-state index < -0.39 is 5.97 Å². The zero-order chi connectivity index (χ0) is 8.10. The van der Waals surface area contributed by atoms with Gasteiger partial charge in [0.1, 0.15) is 0 Å². The molecule has 0 spiro atoms. The van der Waals surface area contributed by atoms with Gasteiger partial charge < -0.3 is 15.4 Å². The molecule has 0 bridgehead atoms. The zero-order valence-corrected chi connectivity index (χ0v) is 9.36. The molecule has 64 valence electrons. The largest absolute Gasteiger partial charge is 1.00 e. The van der Waals surface area contributed by atoms with Crippen LogP contribution >= 0.6 is 0 Å². The minimum absolute atomic E-state index is 0. The minimum Gasteiger partial charge on any atom is -0.545 e. The van der Waals surface area contributed by atoms with Crippen molar-refractivity contribution in [1.82, 2.24) is 0 Å². The van der Waals surface area contributed by atoms with Gasteiger partial charge in [-0.2, -0.15) is 0 Å². The average molecular weight is 188 g/mol. The average Bonchev–Trinajstić information content (AvgIpc) is 2.03. The van der Waals surface area contributed by atoms with Crippen LogP contribution in [-0.4, -0.2) is 11.4 Å². The van der Waals surface area contributed by atoms with Gasteiger partial charge in [0.15, 0.2) is 0 Å². The second-order valence-electron chi connectivity index (χ2n) is 2.06. The Morgan fingerprint density at radius 3 is 2.23 bits per heavy atom. The monoisotopic (exact) mass is 188 g/mol. The van der Waals surface area contributed by atoms with Gasteiger partial charge in [-0.3, -0.25) is 0 Å². The topological polar surface area (TPSA) is 71.6 Å². The number of hydrogen-bond acceptors (Lipinski definition) is 2. The van der Waals surface area contributed by atoms with Gasteiger partial charge in [-0.25, -0.2) is 0 Å². The summed E-state index contributed by atoms with van der Waals surface area (Å²) in [5.41, 5.74) is 0.858. The van der Waals surface area contributed by atoms with Crippen LogP contribution in [0.1, 0.15) is 5.56 Å². The van der Waals surface area contributed by atoms with E-state index >= 15 is 0 Å². The summed E-state index contributed by atoms with van der Waals surface area (Å²) < 4.78 is 0. The summed E-state index contributed by atoms with van der Waals surface area (Å²) in [6.45, 7) is 0. The van der Waals surface area contributed by atoms with Crippen LogP contribution in [0.25, 0.3) is 6.08 Å². The van der Waals surface area contributed by atoms with E-state index in [0.717, 1.165) is 11.6 Å². The van der Waals surface area contributed by atoms with Gasteiger partial charge in [0, 0.05) is 0 Å². The predicted octanol–water partition coefficient (Wildman–Crippen LogP) is -3.37. The van der Waals surface area contributed by atoms with Crippen LogP contribution in [0.4, 0.5) is 0 Å². The van der Waals surface area contributed by atoms with Gasteiger partial charge in [0.2, 0.25) is 0 Å². The molecule has 0 unspecified atom stereocenters. The predicted molar refractivity (Wildman–Crippen MR) is 44.1 cm³/mol. The Hall–Kier alpha value is -0.610. The SMILES string of the molecule is O.O=C([O-])C=Cc1ccccc1.[Na+]. The van der Waals surface area contributed by atoms with Crippen molar-refractivity contribution in [2.24, 2.45) is 0 Å². The number of benzene rings is 1. The Bertz CT molecular complexity index is 269. The molecule has 0 aliphatic heterocycles. The van der Waals surface area contributed by atoms with Crippen LogP contribution in [0.15, 0.2) is 36.4 Å². The number of carboxylic acid groups (broad SMARTS) is 1. The molecular weight excluding hydrogens is 179 g/mol. The molecule has 3 nitrogen and oxygen atoms in total. The van der Waals surface area contributed by atoms with Crippen LogP contribution in [0.5, 0.6) is 0 Å². The summed E-state index contributed by atoms with van der Waals surface area (Å²) >= 11 is 0. The molecule has 0 atom stereocenters. The Balaban J connectivity index is 0. The number of aliphatic carboxylic acids is 1. The van der Waals surface area contributed by atoms with E-state index in [1.54, 1.807) is 0 Å². The molecule has 0 radical (unpaired) electrons. The molecule has 0 aliphatic carbocycles. The van der Waals surface area contributed by atoms with E-state index in [1.807, 2.05) is 30.3 Å². The summed E-state index contributed by atoms with van der Waals surface area (Å²) in [7, 11) is 0. The van der Waals surface area contributed by atoms with Crippen LogP contribution in [0.3, 0.4) is 0 Å². The van der Waals surface area contributed by atoms with Crippen molar-refractivity contribution in [3.63, 3.8) is 0 Å². The second kappa shape index (κ2) is 8.01. The van der Waals surface area contributed by atoms with E-state index in [1.165, 1.54) is 6.08 Å². The number of carboxylic acids is 1. The smallest absolute Gasteiger partial charge is 0.545 e. The fourth-order valence-electron chi connectivity index (χ4n) is 0.728. The summed E-state index contributed by atoms with van der Waals surface area (Å²) in [4.78, 5) is 9.97. The molecule has 2 N–H and O–H groups in total. The molecule has 0 aromatic heterocycles. The number of carbonyl (C=O) groups is 1. The first kappa shape index (κ1) is 14.9. The van der Waals surface area contributed by atoms with Crippen molar-refractivity contribution >= 4 is 12.0 Å². The van der Waals surface area contributed by atoms with Crippen molar-refractivity contribution in [2.75, 3.05) is 0 Å². The molecule has 0 fully saturated rings. The third kappa shape index (κ3) is 6.54. The van der Waals surface area contributed by atoms with Gasteiger partial charge in [-0.15, -0.1) is 0 Å². The van der Waals surface area contributed by atoms with Crippen LogP contribution < -0.4 is 34.7 Å². The van der Waals surface area contributed by atoms with Gasteiger partial charge in [-0.1, -0.05) is 36.4 Å². The molecular formula is C9H9NaO3. The fourth-order valence-corrected chi connectivity index (χ4v) is 0.728. The van der Waals surface area contributed by atoms with Crippen molar-refractivity contribution in [2.45, 2.75) is 0 Å². The van der Waals surface area contributed by atoms with Crippen molar-refractivity contribution in [3.05, 3.63) is 42.0 Å². The molecule has 0 saturated carbocycles. The first-order valence-electron chi connectivity index (χ1n) is 3.23. The Labute approximate surface area is 98.7 Å². The third-order valence-corrected chi connectivity index (χ3v) is 1.21. The zero-order valence-electron chi connectivity index (χ0n) is 7.36.